The van der Waals surface area contributed by atoms with Crippen LogP contribution in [0.2, 0.25) is 0 Å². The van der Waals surface area contributed by atoms with Crippen LogP contribution in [0.4, 0.5) is 14.6 Å². The number of aromatic nitrogens is 3. The van der Waals surface area contributed by atoms with Gasteiger partial charge in [0.2, 0.25) is 0 Å². The van der Waals surface area contributed by atoms with Crippen LogP contribution in [0.3, 0.4) is 0 Å². The topological polar surface area (TPSA) is 80.0 Å². The summed E-state index contributed by atoms with van der Waals surface area (Å²) < 4.78 is 27.4. The van der Waals surface area contributed by atoms with E-state index in [0.29, 0.717) is 5.82 Å². The maximum absolute atomic E-state index is 12.9. The molecule has 6 nitrogen and oxygen atoms in total. The Bertz CT molecular complexity index is 765. The molecule has 8 heteroatoms. The first kappa shape index (κ1) is 15.4. The number of rotatable bonds is 4. The average molecular weight is 322 g/mol. The van der Waals surface area contributed by atoms with Crippen LogP contribution in [0.5, 0.6) is 0 Å². The van der Waals surface area contributed by atoms with Crippen molar-refractivity contribution in [2.24, 2.45) is 0 Å². The van der Waals surface area contributed by atoms with Gasteiger partial charge in [-0.1, -0.05) is 0 Å². The first-order valence-electron chi connectivity index (χ1n) is 7.17. The van der Waals surface area contributed by atoms with Crippen LogP contribution in [-0.2, 0) is 0 Å². The van der Waals surface area contributed by atoms with Gasteiger partial charge in [-0.15, -0.1) is 0 Å². The Labute approximate surface area is 131 Å². The van der Waals surface area contributed by atoms with Crippen molar-refractivity contribution in [2.75, 3.05) is 5.32 Å². The molecule has 0 spiro atoms. The number of alkyl halides is 2. The molecule has 2 aromatic heterocycles. The normalized spacial score (nSPS) is 16.9. The van der Waals surface area contributed by atoms with E-state index in [1.54, 1.807) is 0 Å². The van der Waals surface area contributed by atoms with Gasteiger partial charge in [0.1, 0.15) is 5.82 Å². The zero-order valence-corrected chi connectivity index (χ0v) is 12.7. The molecule has 2 N–H and O–H groups in total. The molecule has 0 bridgehead atoms. The number of anilines is 1. The highest BCUT2D eigenvalue weighted by Crippen LogP contribution is 2.38. The molecule has 0 amide bonds. The van der Waals surface area contributed by atoms with Crippen molar-refractivity contribution in [3.05, 3.63) is 35.2 Å². The average Bonchev–Trinajstić information content (AvgIpc) is 2.75. The molecule has 1 aliphatic carbocycles. The molecule has 2 aromatic rings. The van der Waals surface area contributed by atoms with Gasteiger partial charge < -0.3 is 10.4 Å². The summed E-state index contributed by atoms with van der Waals surface area (Å²) in [6.45, 7) is 3.65. The van der Waals surface area contributed by atoms with Gasteiger partial charge in [-0.2, -0.15) is 5.10 Å². The predicted molar refractivity (Wildman–Crippen MR) is 79.4 cm³/mol. The second kappa shape index (κ2) is 5.29. The lowest BCUT2D eigenvalue weighted by Gasteiger charge is -2.35. The number of carboxylic acids is 1. The number of hydrogen-bond acceptors (Lipinski definition) is 4. The fourth-order valence-electron chi connectivity index (χ4n) is 2.66. The Morgan fingerprint density at radius 1 is 1.35 bits per heavy atom. The summed E-state index contributed by atoms with van der Waals surface area (Å²) in [5.74, 6) is -3.17. The molecule has 23 heavy (non-hydrogen) atoms. The highest BCUT2D eigenvalue weighted by molar-refractivity contribution is 5.89. The van der Waals surface area contributed by atoms with Crippen LogP contribution in [0.25, 0.3) is 5.82 Å². The van der Waals surface area contributed by atoms with E-state index in [-0.39, 0.29) is 24.2 Å². The Hall–Kier alpha value is -2.51. The van der Waals surface area contributed by atoms with E-state index in [1.165, 1.54) is 16.8 Å². The van der Waals surface area contributed by atoms with Gasteiger partial charge in [0.15, 0.2) is 5.82 Å². The molecular weight excluding hydrogens is 306 g/mol. The third kappa shape index (κ3) is 3.15. The minimum atomic E-state index is -2.65. The monoisotopic (exact) mass is 322 g/mol. The molecule has 0 saturated heterocycles. The van der Waals surface area contributed by atoms with Crippen LogP contribution in [-0.4, -0.2) is 37.8 Å². The molecule has 1 aliphatic rings. The number of nitrogens with zero attached hydrogens (tertiary/aromatic N) is 3. The molecule has 0 unspecified atom stereocenters. The first-order valence-corrected chi connectivity index (χ1v) is 7.17. The second-order valence-electron chi connectivity index (χ2n) is 5.85. The smallest absolute Gasteiger partial charge is 0.335 e. The molecule has 1 saturated carbocycles. The SMILES string of the molecule is Cc1cc(C)n(-c2cc(C(=O)O)cc(NC3CC(F)(F)C3)n2)n1. The van der Waals surface area contributed by atoms with Crippen LogP contribution in [0, 0.1) is 13.8 Å². The van der Waals surface area contributed by atoms with Gasteiger partial charge in [0, 0.05) is 24.6 Å². The Morgan fingerprint density at radius 3 is 2.57 bits per heavy atom. The zero-order chi connectivity index (χ0) is 16.8. The fourth-order valence-corrected chi connectivity index (χ4v) is 2.66. The standard InChI is InChI=1S/C15H16F2N4O2/c1-8-3-9(2)21(20-8)13-5-10(14(22)23)4-12(19-13)18-11-6-15(16,17)7-11/h3-5,11H,6-7H2,1-2H3,(H,18,19)(H,22,23). The van der Waals surface area contributed by atoms with Crippen molar-refractivity contribution >= 4 is 11.8 Å². The number of carbonyl (C=O) groups is 1. The zero-order valence-electron chi connectivity index (χ0n) is 12.7. The maximum atomic E-state index is 12.9. The minimum absolute atomic E-state index is 0.0242. The van der Waals surface area contributed by atoms with Crippen molar-refractivity contribution in [3.8, 4) is 5.82 Å². The van der Waals surface area contributed by atoms with Gasteiger partial charge in [-0.25, -0.2) is 23.2 Å². The highest BCUT2D eigenvalue weighted by atomic mass is 19.3. The van der Waals surface area contributed by atoms with Gasteiger partial charge in [0.25, 0.3) is 5.92 Å². The molecule has 0 atom stereocenters. The summed E-state index contributed by atoms with van der Waals surface area (Å²) >= 11 is 0. The molecular formula is C15H16F2N4O2. The van der Waals surface area contributed by atoms with E-state index in [0.717, 1.165) is 11.4 Å². The van der Waals surface area contributed by atoms with Crippen molar-refractivity contribution in [2.45, 2.75) is 38.7 Å². The number of aromatic carboxylic acids is 1. The number of hydrogen-bond donors (Lipinski definition) is 2. The summed E-state index contributed by atoms with van der Waals surface area (Å²) in [6, 6.07) is 4.18. The van der Waals surface area contributed by atoms with Crippen molar-refractivity contribution < 1.29 is 18.7 Å². The quantitative estimate of drug-likeness (QED) is 0.905. The lowest BCUT2D eigenvalue weighted by Crippen LogP contribution is -2.44. The van der Waals surface area contributed by atoms with E-state index in [4.69, 9.17) is 0 Å². The van der Waals surface area contributed by atoms with E-state index in [1.807, 2.05) is 19.9 Å². The predicted octanol–water partition coefficient (Wildman–Crippen LogP) is 2.79. The first-order chi connectivity index (χ1) is 10.7. The number of pyridine rings is 1. The Morgan fingerprint density at radius 2 is 2.04 bits per heavy atom. The van der Waals surface area contributed by atoms with Gasteiger partial charge in [-0.05, 0) is 32.0 Å². The Kier molecular flexibility index (Phi) is 3.54. The lowest BCUT2D eigenvalue weighted by molar-refractivity contribution is -0.0794. The highest BCUT2D eigenvalue weighted by Gasteiger charge is 2.45. The maximum Gasteiger partial charge on any atom is 0.335 e. The van der Waals surface area contributed by atoms with Crippen molar-refractivity contribution in [3.63, 3.8) is 0 Å². The van der Waals surface area contributed by atoms with Crippen LogP contribution < -0.4 is 5.32 Å². The molecule has 122 valence electrons. The van der Waals surface area contributed by atoms with E-state index >= 15 is 0 Å². The lowest BCUT2D eigenvalue weighted by atomic mass is 9.88. The summed E-state index contributed by atoms with van der Waals surface area (Å²) in [5.41, 5.74) is 1.60. The van der Waals surface area contributed by atoms with Gasteiger partial charge in [-0.3, -0.25) is 0 Å². The largest absolute Gasteiger partial charge is 0.478 e. The van der Waals surface area contributed by atoms with Crippen LogP contribution in [0.1, 0.15) is 34.6 Å². The minimum Gasteiger partial charge on any atom is -0.478 e. The summed E-state index contributed by atoms with van der Waals surface area (Å²) in [7, 11) is 0. The Balaban J connectivity index is 1.94. The van der Waals surface area contributed by atoms with E-state index in [2.05, 4.69) is 15.4 Å². The summed E-state index contributed by atoms with van der Waals surface area (Å²) in [5, 5.41) is 16.4. The third-order valence-corrected chi connectivity index (χ3v) is 3.73. The third-order valence-electron chi connectivity index (χ3n) is 3.73. The van der Waals surface area contributed by atoms with Gasteiger partial charge >= 0.3 is 5.97 Å². The fraction of sp³-hybridized carbons (Fsp3) is 0.400. The molecule has 1 fully saturated rings. The van der Waals surface area contributed by atoms with E-state index in [9.17, 15) is 18.7 Å². The van der Waals surface area contributed by atoms with Crippen molar-refractivity contribution in [1.82, 2.24) is 14.8 Å². The summed E-state index contributed by atoms with van der Waals surface area (Å²) in [4.78, 5) is 15.6. The molecule has 0 aromatic carbocycles. The van der Waals surface area contributed by atoms with Crippen molar-refractivity contribution in [1.29, 1.82) is 0 Å². The number of aryl methyl sites for hydroxylation is 2. The molecule has 2 heterocycles. The number of nitrogens with one attached hydrogen (secondary N) is 1. The number of halogens is 2. The van der Waals surface area contributed by atoms with Crippen LogP contribution in [0.15, 0.2) is 18.2 Å². The van der Waals surface area contributed by atoms with Gasteiger partial charge in [0.05, 0.1) is 11.3 Å². The summed E-state index contributed by atoms with van der Waals surface area (Å²) in [6.07, 6.45) is -0.553. The van der Waals surface area contributed by atoms with E-state index < -0.39 is 17.9 Å². The molecule has 0 radical (unpaired) electrons. The number of carboxylic acid groups (broad SMARTS) is 1. The molecule has 0 aliphatic heterocycles. The van der Waals surface area contributed by atoms with Crippen LogP contribution >= 0.6 is 0 Å². The molecule has 3 rings (SSSR count). The second-order valence-corrected chi connectivity index (χ2v) is 5.85.